The van der Waals surface area contributed by atoms with E-state index < -0.39 is 6.09 Å². The Labute approximate surface area is 130 Å². The highest BCUT2D eigenvalue weighted by molar-refractivity contribution is 5.89. The largest absolute Gasteiger partial charge is 0.465 e. The van der Waals surface area contributed by atoms with Gasteiger partial charge in [-0.05, 0) is 44.0 Å². The van der Waals surface area contributed by atoms with Gasteiger partial charge in [0.15, 0.2) is 0 Å². The number of methoxy groups -OCH3 is 1. The summed E-state index contributed by atoms with van der Waals surface area (Å²) >= 11 is 0. The molecular formula is C16H22N2O4. The fourth-order valence-corrected chi connectivity index (χ4v) is 2.93. The summed E-state index contributed by atoms with van der Waals surface area (Å²) in [6.45, 7) is 4.06. The molecule has 1 amide bonds. The first kappa shape index (κ1) is 16.1. The van der Waals surface area contributed by atoms with Crippen molar-refractivity contribution in [1.29, 1.82) is 0 Å². The Morgan fingerprint density at radius 2 is 1.86 bits per heavy atom. The quantitative estimate of drug-likeness (QED) is 0.865. The number of piperidine rings is 1. The lowest BCUT2D eigenvalue weighted by Gasteiger charge is -2.38. The first-order valence-electron chi connectivity index (χ1n) is 7.49. The molecule has 120 valence electrons. The summed E-state index contributed by atoms with van der Waals surface area (Å²) in [6.07, 6.45) is 0.793. The first-order valence-corrected chi connectivity index (χ1v) is 7.49. The molecule has 1 aromatic carbocycles. The van der Waals surface area contributed by atoms with Crippen molar-refractivity contribution < 1.29 is 19.4 Å². The Morgan fingerprint density at radius 1 is 1.27 bits per heavy atom. The standard InChI is InChI=1S/C16H22N2O4/c1-3-18(14-8-10-17(11-9-14)16(20)21)13-6-4-12(5-7-13)15(19)22-2/h4-7,14H,3,8-11H2,1-2H3,(H,20,21). The number of carbonyl (C=O) groups is 2. The molecule has 1 aromatic rings. The van der Waals surface area contributed by atoms with E-state index in [1.54, 1.807) is 12.1 Å². The van der Waals surface area contributed by atoms with Crippen LogP contribution in [0.25, 0.3) is 0 Å². The molecule has 22 heavy (non-hydrogen) atoms. The van der Waals surface area contributed by atoms with Crippen molar-refractivity contribution in [3.8, 4) is 0 Å². The van der Waals surface area contributed by atoms with E-state index in [0.29, 0.717) is 24.7 Å². The average molecular weight is 306 g/mol. The number of anilines is 1. The summed E-state index contributed by atoms with van der Waals surface area (Å²) in [5.74, 6) is -0.343. The van der Waals surface area contributed by atoms with Crippen LogP contribution in [-0.4, -0.2) is 54.9 Å². The zero-order valence-corrected chi connectivity index (χ0v) is 13.0. The number of likely N-dealkylation sites (tertiary alicyclic amines) is 1. The minimum Gasteiger partial charge on any atom is -0.465 e. The van der Waals surface area contributed by atoms with Crippen molar-refractivity contribution in [2.75, 3.05) is 31.6 Å². The van der Waals surface area contributed by atoms with Crippen molar-refractivity contribution in [3.05, 3.63) is 29.8 Å². The van der Waals surface area contributed by atoms with Gasteiger partial charge in [0.1, 0.15) is 0 Å². The summed E-state index contributed by atoms with van der Waals surface area (Å²) in [4.78, 5) is 26.2. The monoisotopic (exact) mass is 306 g/mol. The van der Waals surface area contributed by atoms with Gasteiger partial charge in [0, 0.05) is 31.4 Å². The number of nitrogens with zero attached hydrogens (tertiary/aromatic N) is 2. The van der Waals surface area contributed by atoms with Gasteiger partial charge in [-0.15, -0.1) is 0 Å². The molecule has 0 saturated carbocycles. The lowest BCUT2D eigenvalue weighted by molar-refractivity contribution is 0.0600. The molecule has 0 unspecified atom stereocenters. The predicted molar refractivity (Wildman–Crippen MR) is 83.4 cm³/mol. The van der Waals surface area contributed by atoms with E-state index in [1.807, 2.05) is 12.1 Å². The number of carboxylic acid groups (broad SMARTS) is 1. The molecule has 1 aliphatic heterocycles. The van der Waals surface area contributed by atoms with E-state index in [0.717, 1.165) is 25.1 Å². The number of esters is 1. The molecular weight excluding hydrogens is 284 g/mol. The van der Waals surface area contributed by atoms with Crippen molar-refractivity contribution in [1.82, 2.24) is 4.90 Å². The Balaban J connectivity index is 2.05. The van der Waals surface area contributed by atoms with Crippen LogP contribution in [0.15, 0.2) is 24.3 Å². The van der Waals surface area contributed by atoms with Gasteiger partial charge in [-0.2, -0.15) is 0 Å². The van der Waals surface area contributed by atoms with Crippen LogP contribution in [0.4, 0.5) is 10.5 Å². The van der Waals surface area contributed by atoms with Crippen molar-refractivity contribution in [3.63, 3.8) is 0 Å². The van der Waals surface area contributed by atoms with Crippen LogP contribution in [-0.2, 0) is 4.74 Å². The molecule has 1 aliphatic rings. The highest BCUT2D eigenvalue weighted by Gasteiger charge is 2.26. The summed E-state index contributed by atoms with van der Waals surface area (Å²) in [7, 11) is 1.37. The molecule has 1 saturated heterocycles. The van der Waals surface area contributed by atoms with Crippen LogP contribution in [0.3, 0.4) is 0 Å². The van der Waals surface area contributed by atoms with E-state index in [9.17, 15) is 9.59 Å². The van der Waals surface area contributed by atoms with E-state index in [-0.39, 0.29) is 5.97 Å². The number of hydrogen-bond acceptors (Lipinski definition) is 4. The van der Waals surface area contributed by atoms with Gasteiger partial charge in [-0.3, -0.25) is 0 Å². The second kappa shape index (κ2) is 7.15. The smallest absolute Gasteiger partial charge is 0.407 e. The van der Waals surface area contributed by atoms with E-state index >= 15 is 0 Å². The van der Waals surface area contributed by atoms with Gasteiger partial charge in [-0.1, -0.05) is 0 Å². The van der Waals surface area contributed by atoms with Crippen LogP contribution in [0.2, 0.25) is 0 Å². The molecule has 0 aromatic heterocycles. The maximum Gasteiger partial charge on any atom is 0.407 e. The molecule has 1 fully saturated rings. The highest BCUT2D eigenvalue weighted by Crippen LogP contribution is 2.24. The number of amides is 1. The van der Waals surface area contributed by atoms with Gasteiger partial charge in [0.2, 0.25) is 0 Å². The van der Waals surface area contributed by atoms with Crippen molar-refractivity contribution >= 4 is 17.7 Å². The summed E-state index contributed by atoms with van der Waals surface area (Å²) in [5, 5.41) is 9.01. The summed E-state index contributed by atoms with van der Waals surface area (Å²) in [5.41, 5.74) is 1.58. The third kappa shape index (κ3) is 3.50. The fraction of sp³-hybridized carbons (Fsp3) is 0.500. The lowest BCUT2D eigenvalue weighted by Crippen LogP contribution is -2.46. The average Bonchev–Trinajstić information content (AvgIpc) is 2.56. The molecule has 0 bridgehead atoms. The number of carbonyl (C=O) groups excluding carboxylic acids is 1. The molecule has 0 radical (unpaired) electrons. The third-order valence-electron chi connectivity index (χ3n) is 4.14. The normalized spacial score (nSPS) is 15.5. The molecule has 1 N–H and O–H groups in total. The number of rotatable bonds is 4. The molecule has 1 heterocycles. The van der Waals surface area contributed by atoms with Crippen molar-refractivity contribution in [2.24, 2.45) is 0 Å². The number of benzene rings is 1. The summed E-state index contributed by atoms with van der Waals surface area (Å²) in [6, 6.07) is 7.68. The Kier molecular flexibility index (Phi) is 5.25. The minimum absolute atomic E-state index is 0.324. The second-order valence-electron chi connectivity index (χ2n) is 5.33. The van der Waals surface area contributed by atoms with Crippen LogP contribution < -0.4 is 4.90 Å². The summed E-state index contributed by atoms with van der Waals surface area (Å²) < 4.78 is 4.70. The van der Waals surface area contributed by atoms with Gasteiger partial charge < -0.3 is 19.6 Å². The van der Waals surface area contributed by atoms with E-state index in [1.165, 1.54) is 12.0 Å². The third-order valence-corrected chi connectivity index (χ3v) is 4.14. The maximum absolute atomic E-state index is 11.5. The Morgan fingerprint density at radius 3 is 2.32 bits per heavy atom. The molecule has 0 spiro atoms. The van der Waals surface area contributed by atoms with Gasteiger partial charge in [0.05, 0.1) is 12.7 Å². The van der Waals surface area contributed by atoms with Crippen molar-refractivity contribution in [2.45, 2.75) is 25.8 Å². The van der Waals surface area contributed by atoms with Crippen LogP contribution in [0.1, 0.15) is 30.1 Å². The molecule has 0 aliphatic carbocycles. The van der Waals surface area contributed by atoms with Gasteiger partial charge >= 0.3 is 12.1 Å². The first-order chi connectivity index (χ1) is 10.6. The molecule has 0 atom stereocenters. The maximum atomic E-state index is 11.5. The molecule has 6 nitrogen and oxygen atoms in total. The molecule has 2 rings (SSSR count). The highest BCUT2D eigenvalue weighted by atomic mass is 16.5. The van der Waals surface area contributed by atoms with E-state index in [4.69, 9.17) is 9.84 Å². The van der Waals surface area contributed by atoms with Gasteiger partial charge in [-0.25, -0.2) is 9.59 Å². The SMILES string of the molecule is CCN(c1ccc(C(=O)OC)cc1)C1CCN(C(=O)O)CC1. The Bertz CT molecular complexity index is 521. The second-order valence-corrected chi connectivity index (χ2v) is 5.33. The number of ether oxygens (including phenoxy) is 1. The minimum atomic E-state index is -0.844. The van der Waals surface area contributed by atoms with Crippen LogP contribution >= 0.6 is 0 Å². The van der Waals surface area contributed by atoms with E-state index in [2.05, 4.69) is 11.8 Å². The zero-order valence-electron chi connectivity index (χ0n) is 13.0. The number of hydrogen-bond donors (Lipinski definition) is 1. The predicted octanol–water partition coefficient (Wildman–Crippen LogP) is 2.44. The van der Waals surface area contributed by atoms with Gasteiger partial charge in [0.25, 0.3) is 0 Å². The Hall–Kier alpha value is -2.24. The van der Waals surface area contributed by atoms with Crippen LogP contribution in [0, 0.1) is 0 Å². The molecule has 6 heteroatoms. The topological polar surface area (TPSA) is 70.1 Å². The zero-order chi connectivity index (χ0) is 16.1. The lowest BCUT2D eigenvalue weighted by atomic mass is 10.0. The fourth-order valence-electron chi connectivity index (χ4n) is 2.93. The van der Waals surface area contributed by atoms with Crippen LogP contribution in [0.5, 0.6) is 0 Å².